The number of hydrogen-bond donors (Lipinski definition) is 1. The number of pyridine rings is 1. The standard InChI is InChI=1S/C14H16F2N4O/c15-14(16)21-12-7-9(8-18-13(12)17)11-5-6-20(19-11)10-3-1-2-4-10/h5-8,10,14H,1-4H2,(H2,17,18). The van der Waals surface area contributed by atoms with E-state index in [1.165, 1.54) is 25.1 Å². The lowest BCUT2D eigenvalue weighted by atomic mass is 10.2. The fraction of sp³-hybridized carbons (Fsp3) is 0.429. The van der Waals surface area contributed by atoms with Crippen LogP contribution in [0.25, 0.3) is 11.3 Å². The Kier molecular flexibility index (Phi) is 3.72. The summed E-state index contributed by atoms with van der Waals surface area (Å²) in [7, 11) is 0. The first-order valence-electron chi connectivity index (χ1n) is 6.89. The van der Waals surface area contributed by atoms with Gasteiger partial charge < -0.3 is 10.5 Å². The highest BCUT2D eigenvalue weighted by Gasteiger charge is 2.18. The summed E-state index contributed by atoms with van der Waals surface area (Å²) in [6.07, 6.45) is 8.11. The van der Waals surface area contributed by atoms with Crippen LogP contribution in [-0.2, 0) is 0 Å². The van der Waals surface area contributed by atoms with E-state index in [0.717, 1.165) is 12.8 Å². The second-order valence-corrected chi connectivity index (χ2v) is 5.11. The van der Waals surface area contributed by atoms with Gasteiger partial charge in [-0.05, 0) is 25.0 Å². The highest BCUT2D eigenvalue weighted by atomic mass is 19.3. The Morgan fingerprint density at radius 1 is 1.33 bits per heavy atom. The van der Waals surface area contributed by atoms with Gasteiger partial charge in [0.1, 0.15) is 0 Å². The highest BCUT2D eigenvalue weighted by molar-refractivity contribution is 5.63. The van der Waals surface area contributed by atoms with E-state index in [9.17, 15) is 8.78 Å². The molecule has 2 heterocycles. The molecule has 0 amide bonds. The van der Waals surface area contributed by atoms with E-state index in [4.69, 9.17) is 5.73 Å². The smallest absolute Gasteiger partial charge is 0.387 e. The van der Waals surface area contributed by atoms with Gasteiger partial charge in [-0.1, -0.05) is 12.8 Å². The summed E-state index contributed by atoms with van der Waals surface area (Å²) >= 11 is 0. The fourth-order valence-corrected chi connectivity index (χ4v) is 2.65. The van der Waals surface area contributed by atoms with E-state index in [1.54, 1.807) is 0 Å². The van der Waals surface area contributed by atoms with Gasteiger partial charge in [0, 0.05) is 18.0 Å². The van der Waals surface area contributed by atoms with E-state index in [2.05, 4.69) is 14.8 Å². The molecule has 0 atom stereocenters. The number of halogens is 2. The van der Waals surface area contributed by atoms with Crippen molar-refractivity contribution in [1.29, 1.82) is 0 Å². The number of nitrogens with two attached hydrogens (primary N) is 1. The molecule has 0 unspecified atom stereocenters. The maximum atomic E-state index is 12.3. The van der Waals surface area contributed by atoms with Gasteiger partial charge >= 0.3 is 6.61 Å². The molecule has 0 bridgehead atoms. The summed E-state index contributed by atoms with van der Waals surface area (Å²) in [4.78, 5) is 3.89. The van der Waals surface area contributed by atoms with E-state index in [0.29, 0.717) is 17.3 Å². The third-order valence-electron chi connectivity index (χ3n) is 3.70. The molecule has 112 valence electrons. The number of rotatable bonds is 4. The summed E-state index contributed by atoms with van der Waals surface area (Å²) in [5, 5.41) is 4.51. The molecule has 0 aliphatic heterocycles. The molecule has 2 aromatic heterocycles. The molecular formula is C14H16F2N4O. The van der Waals surface area contributed by atoms with Crippen molar-refractivity contribution < 1.29 is 13.5 Å². The lowest BCUT2D eigenvalue weighted by Crippen LogP contribution is -2.06. The molecule has 21 heavy (non-hydrogen) atoms. The van der Waals surface area contributed by atoms with E-state index < -0.39 is 6.61 Å². The van der Waals surface area contributed by atoms with Crippen LogP contribution < -0.4 is 10.5 Å². The highest BCUT2D eigenvalue weighted by Crippen LogP contribution is 2.31. The molecule has 1 fully saturated rings. The average molecular weight is 294 g/mol. The molecule has 5 nitrogen and oxygen atoms in total. The van der Waals surface area contributed by atoms with Crippen molar-refractivity contribution in [3.05, 3.63) is 24.5 Å². The van der Waals surface area contributed by atoms with Crippen LogP contribution in [0.1, 0.15) is 31.7 Å². The van der Waals surface area contributed by atoms with E-state index >= 15 is 0 Å². The lowest BCUT2D eigenvalue weighted by Gasteiger charge is -2.09. The van der Waals surface area contributed by atoms with Crippen LogP contribution in [0.4, 0.5) is 14.6 Å². The van der Waals surface area contributed by atoms with Gasteiger partial charge in [-0.3, -0.25) is 4.68 Å². The van der Waals surface area contributed by atoms with Crippen LogP contribution in [0.3, 0.4) is 0 Å². The van der Waals surface area contributed by atoms with Crippen molar-refractivity contribution in [2.75, 3.05) is 5.73 Å². The normalized spacial score (nSPS) is 15.8. The first-order chi connectivity index (χ1) is 10.1. The maximum Gasteiger partial charge on any atom is 0.387 e. The minimum Gasteiger partial charge on any atom is -0.431 e. The predicted molar refractivity (Wildman–Crippen MR) is 74.0 cm³/mol. The van der Waals surface area contributed by atoms with Gasteiger partial charge in [-0.2, -0.15) is 13.9 Å². The Balaban J connectivity index is 1.86. The Morgan fingerprint density at radius 2 is 2.10 bits per heavy atom. The minimum absolute atomic E-state index is 0.0609. The Morgan fingerprint density at radius 3 is 2.81 bits per heavy atom. The maximum absolute atomic E-state index is 12.3. The van der Waals surface area contributed by atoms with Crippen molar-refractivity contribution in [2.45, 2.75) is 38.3 Å². The predicted octanol–water partition coefficient (Wildman–Crippen LogP) is 3.24. The van der Waals surface area contributed by atoms with Gasteiger partial charge in [0.15, 0.2) is 11.6 Å². The second-order valence-electron chi connectivity index (χ2n) is 5.11. The van der Waals surface area contributed by atoms with Crippen molar-refractivity contribution in [2.24, 2.45) is 0 Å². The zero-order valence-electron chi connectivity index (χ0n) is 11.4. The number of hydrogen-bond acceptors (Lipinski definition) is 4. The van der Waals surface area contributed by atoms with Crippen molar-refractivity contribution in [3.8, 4) is 17.0 Å². The van der Waals surface area contributed by atoms with Crippen LogP contribution in [0.15, 0.2) is 24.5 Å². The molecule has 1 aliphatic carbocycles. The van der Waals surface area contributed by atoms with Gasteiger partial charge in [0.2, 0.25) is 0 Å². The van der Waals surface area contributed by atoms with Crippen LogP contribution in [0.2, 0.25) is 0 Å². The third-order valence-corrected chi connectivity index (χ3v) is 3.70. The lowest BCUT2D eigenvalue weighted by molar-refractivity contribution is -0.0494. The molecule has 2 aromatic rings. The Labute approximate surface area is 120 Å². The number of nitrogen functional groups attached to an aromatic ring is 1. The molecule has 0 saturated heterocycles. The first kappa shape index (κ1) is 13.8. The van der Waals surface area contributed by atoms with Crippen molar-refractivity contribution in [3.63, 3.8) is 0 Å². The van der Waals surface area contributed by atoms with Crippen LogP contribution in [0.5, 0.6) is 5.75 Å². The van der Waals surface area contributed by atoms with Crippen molar-refractivity contribution >= 4 is 5.82 Å². The molecule has 0 radical (unpaired) electrons. The SMILES string of the molecule is Nc1ncc(-c2ccn(C3CCCC3)n2)cc1OC(F)F. The van der Waals surface area contributed by atoms with Gasteiger partial charge in [0.25, 0.3) is 0 Å². The van der Waals surface area contributed by atoms with E-state index in [-0.39, 0.29) is 11.6 Å². The van der Waals surface area contributed by atoms with Gasteiger partial charge in [0.05, 0.1) is 11.7 Å². The monoisotopic (exact) mass is 294 g/mol. The minimum atomic E-state index is -2.93. The molecule has 0 aromatic carbocycles. The average Bonchev–Trinajstić information content (AvgIpc) is 3.10. The van der Waals surface area contributed by atoms with Crippen LogP contribution >= 0.6 is 0 Å². The summed E-state index contributed by atoms with van der Waals surface area (Å²) in [6.45, 7) is -2.93. The number of aromatic nitrogens is 3. The summed E-state index contributed by atoms with van der Waals surface area (Å²) in [5.74, 6) is -0.188. The quantitative estimate of drug-likeness (QED) is 0.940. The molecule has 1 saturated carbocycles. The number of nitrogens with zero attached hydrogens (tertiary/aromatic N) is 3. The number of ether oxygens (including phenoxy) is 1. The molecule has 3 rings (SSSR count). The molecule has 7 heteroatoms. The fourth-order valence-electron chi connectivity index (χ4n) is 2.65. The number of anilines is 1. The summed E-state index contributed by atoms with van der Waals surface area (Å²) in [5.41, 5.74) is 6.81. The second kappa shape index (κ2) is 5.67. The van der Waals surface area contributed by atoms with Gasteiger partial charge in [-0.15, -0.1) is 0 Å². The zero-order valence-corrected chi connectivity index (χ0v) is 11.4. The van der Waals surface area contributed by atoms with Crippen LogP contribution in [-0.4, -0.2) is 21.4 Å². The van der Waals surface area contributed by atoms with Crippen LogP contribution in [0, 0.1) is 0 Å². The Bertz CT molecular complexity index is 623. The molecule has 2 N–H and O–H groups in total. The Hall–Kier alpha value is -2.18. The zero-order chi connectivity index (χ0) is 14.8. The topological polar surface area (TPSA) is 66.0 Å². The molecular weight excluding hydrogens is 278 g/mol. The third kappa shape index (κ3) is 2.96. The summed E-state index contributed by atoms with van der Waals surface area (Å²) < 4.78 is 30.9. The molecule has 0 spiro atoms. The molecule has 1 aliphatic rings. The largest absolute Gasteiger partial charge is 0.431 e. The van der Waals surface area contributed by atoms with Crippen molar-refractivity contribution in [1.82, 2.24) is 14.8 Å². The summed E-state index contributed by atoms with van der Waals surface area (Å²) in [6, 6.07) is 3.71. The first-order valence-corrected chi connectivity index (χ1v) is 6.89. The van der Waals surface area contributed by atoms with E-state index in [1.807, 2.05) is 16.9 Å². The van der Waals surface area contributed by atoms with Gasteiger partial charge in [-0.25, -0.2) is 4.98 Å². The number of alkyl halides is 2.